The molecule has 0 saturated heterocycles. The molecule has 0 atom stereocenters. The first kappa shape index (κ1) is 17.3. The summed E-state index contributed by atoms with van der Waals surface area (Å²) in [5.41, 5.74) is 3.95. The average Bonchev–Trinajstić information content (AvgIpc) is 2.88. The minimum absolute atomic E-state index is 0.885. The summed E-state index contributed by atoms with van der Waals surface area (Å²) >= 11 is 0. The number of hydrogen-bond donors (Lipinski definition) is 0. The first-order valence-electron chi connectivity index (χ1n) is 10.4. The van der Waals surface area contributed by atoms with Crippen LogP contribution in [-0.4, -0.2) is 12.3 Å². The van der Waals surface area contributed by atoms with E-state index in [-0.39, 0.29) is 0 Å². The zero-order valence-electron chi connectivity index (χ0n) is 15.7. The van der Waals surface area contributed by atoms with E-state index in [2.05, 4.69) is 55.2 Å². The Morgan fingerprint density at radius 2 is 1.00 bits per heavy atom. The van der Waals surface area contributed by atoms with Crippen molar-refractivity contribution in [3.8, 4) is 11.1 Å². The van der Waals surface area contributed by atoms with Crippen molar-refractivity contribution in [3.63, 3.8) is 0 Å². The summed E-state index contributed by atoms with van der Waals surface area (Å²) in [6, 6.07) is 18.6. The van der Waals surface area contributed by atoms with Crippen molar-refractivity contribution in [1.29, 1.82) is 0 Å². The predicted molar refractivity (Wildman–Crippen MR) is 114 cm³/mol. The zero-order valence-corrected chi connectivity index (χ0v) is 16.6. The van der Waals surface area contributed by atoms with Gasteiger partial charge in [-0.15, -0.1) is 0 Å². The van der Waals surface area contributed by atoms with Crippen LogP contribution in [0.1, 0.15) is 64.2 Å². The summed E-state index contributed by atoms with van der Waals surface area (Å²) < 4.78 is 0. The van der Waals surface area contributed by atoms with Gasteiger partial charge in [-0.2, -0.15) is 0 Å². The molecule has 1 heterocycles. The second kappa shape index (κ2) is 7.63. The molecule has 0 aromatic heterocycles. The number of rotatable bonds is 1. The Kier molecular flexibility index (Phi) is 5.28. The molecule has 4 rings (SSSR count). The third kappa shape index (κ3) is 3.19. The van der Waals surface area contributed by atoms with Crippen molar-refractivity contribution in [2.75, 3.05) is 6.66 Å². The molecule has 0 nitrogen and oxygen atoms in total. The van der Waals surface area contributed by atoms with Gasteiger partial charge in [0.15, 0.2) is 0 Å². The van der Waals surface area contributed by atoms with E-state index in [1.807, 2.05) is 0 Å². The first-order chi connectivity index (χ1) is 12.3. The molecule has 2 aromatic rings. The number of fused-ring (bicyclic) bond motifs is 3. The second-order valence-electron chi connectivity index (χ2n) is 8.17. The molecule has 132 valence electrons. The lowest BCUT2D eigenvalue weighted by molar-refractivity contribution is 0.585. The minimum atomic E-state index is -1.27. The summed E-state index contributed by atoms with van der Waals surface area (Å²) in [4.78, 5) is 0. The maximum absolute atomic E-state index is 2.65. The molecule has 25 heavy (non-hydrogen) atoms. The van der Waals surface area contributed by atoms with Gasteiger partial charge in [-0.1, -0.05) is 74.9 Å². The van der Waals surface area contributed by atoms with Crippen LogP contribution in [0.3, 0.4) is 0 Å². The molecule has 0 unspecified atom stereocenters. The van der Waals surface area contributed by atoms with Crippen LogP contribution >= 0.6 is 7.26 Å². The van der Waals surface area contributed by atoms with Crippen LogP contribution in [0.2, 0.25) is 0 Å². The maximum atomic E-state index is 2.65. The molecule has 1 heteroatoms. The van der Waals surface area contributed by atoms with Gasteiger partial charge >= 0.3 is 0 Å². The fourth-order valence-corrected chi connectivity index (χ4v) is 9.84. The van der Waals surface area contributed by atoms with Gasteiger partial charge in [0.1, 0.15) is 10.6 Å². The summed E-state index contributed by atoms with van der Waals surface area (Å²) in [5.74, 6) is 0. The Bertz CT molecular complexity index is 660. The Hall–Kier alpha value is -1.13. The van der Waals surface area contributed by atoms with Gasteiger partial charge in [-0.25, -0.2) is 0 Å². The van der Waals surface area contributed by atoms with Crippen LogP contribution in [0.4, 0.5) is 0 Å². The SMILES string of the molecule is C[P+]1(C2CCCCCCCCCC2)c2ccccc2-c2ccccc21. The molecule has 0 N–H and O–H groups in total. The summed E-state index contributed by atoms with van der Waals surface area (Å²) in [5, 5.41) is 3.38. The van der Waals surface area contributed by atoms with Gasteiger partial charge in [0.05, 0.1) is 19.6 Å². The van der Waals surface area contributed by atoms with Gasteiger partial charge in [0.2, 0.25) is 0 Å². The molecule has 1 aliphatic carbocycles. The van der Waals surface area contributed by atoms with Gasteiger partial charge < -0.3 is 0 Å². The Morgan fingerprint density at radius 3 is 1.48 bits per heavy atom. The second-order valence-corrected chi connectivity index (χ2v) is 12.0. The molecule has 0 bridgehead atoms. The Morgan fingerprint density at radius 1 is 0.600 bits per heavy atom. The molecule has 1 aliphatic heterocycles. The molecule has 2 aliphatic rings. The summed E-state index contributed by atoms with van der Waals surface area (Å²) in [6.45, 7) is 2.65. The monoisotopic (exact) mass is 351 g/mol. The molecule has 0 amide bonds. The van der Waals surface area contributed by atoms with Crippen LogP contribution in [0.5, 0.6) is 0 Å². The first-order valence-corrected chi connectivity index (χ1v) is 12.7. The number of hydrogen-bond acceptors (Lipinski definition) is 0. The third-order valence-corrected chi connectivity index (χ3v) is 11.4. The molecule has 0 spiro atoms. The molecule has 2 aromatic carbocycles. The van der Waals surface area contributed by atoms with E-state index in [4.69, 9.17) is 0 Å². The Balaban J connectivity index is 1.73. The topological polar surface area (TPSA) is 0 Å². The lowest BCUT2D eigenvalue weighted by Crippen LogP contribution is -2.27. The highest BCUT2D eigenvalue weighted by Gasteiger charge is 2.51. The smallest absolute Gasteiger partial charge is 0.0614 e. The fourth-order valence-electron chi connectivity index (χ4n) is 5.22. The van der Waals surface area contributed by atoms with Crippen molar-refractivity contribution >= 4 is 17.9 Å². The molecule has 1 saturated carbocycles. The molecule has 1 fully saturated rings. The van der Waals surface area contributed by atoms with Gasteiger partial charge in [-0.3, -0.25) is 0 Å². The minimum Gasteiger partial charge on any atom is -0.0614 e. The van der Waals surface area contributed by atoms with Crippen molar-refractivity contribution in [2.45, 2.75) is 69.9 Å². The van der Waals surface area contributed by atoms with E-state index in [0.29, 0.717) is 0 Å². The average molecular weight is 351 g/mol. The largest absolute Gasteiger partial charge is 0.107 e. The van der Waals surface area contributed by atoms with Crippen molar-refractivity contribution in [1.82, 2.24) is 0 Å². The molecule has 0 radical (unpaired) electrons. The highest BCUT2D eigenvalue weighted by atomic mass is 31.2. The summed E-state index contributed by atoms with van der Waals surface area (Å²) in [6.07, 6.45) is 14.5. The Labute approximate surface area is 154 Å². The highest BCUT2D eigenvalue weighted by Crippen LogP contribution is 2.66. The van der Waals surface area contributed by atoms with Crippen LogP contribution in [0, 0.1) is 0 Å². The van der Waals surface area contributed by atoms with E-state index >= 15 is 0 Å². The fraction of sp³-hybridized carbons (Fsp3) is 0.500. The molecular formula is C24H32P+. The van der Waals surface area contributed by atoms with E-state index in [1.54, 1.807) is 10.6 Å². The lowest BCUT2D eigenvalue weighted by atomic mass is 10.1. The van der Waals surface area contributed by atoms with Gasteiger partial charge in [-0.05, 0) is 37.8 Å². The third-order valence-electron chi connectivity index (χ3n) is 6.65. The number of benzene rings is 2. The van der Waals surface area contributed by atoms with E-state index in [0.717, 1.165) is 5.66 Å². The van der Waals surface area contributed by atoms with Gasteiger partial charge in [0.25, 0.3) is 0 Å². The zero-order chi connectivity index (χ0) is 17.1. The normalized spacial score (nSPS) is 21.2. The van der Waals surface area contributed by atoms with Crippen molar-refractivity contribution < 1.29 is 0 Å². The predicted octanol–water partition coefficient (Wildman–Crippen LogP) is 6.55. The highest BCUT2D eigenvalue weighted by molar-refractivity contribution is 7.90. The quantitative estimate of drug-likeness (QED) is 0.511. The van der Waals surface area contributed by atoms with E-state index in [1.165, 1.54) is 75.3 Å². The molecular weight excluding hydrogens is 319 g/mol. The van der Waals surface area contributed by atoms with Crippen LogP contribution in [0.25, 0.3) is 11.1 Å². The van der Waals surface area contributed by atoms with Crippen LogP contribution < -0.4 is 10.6 Å². The standard InChI is InChI=1S/C24H32P/c1-25(20-14-8-6-4-2-3-5-7-9-15-20)23-18-12-10-16-21(23)22-17-11-13-19-24(22)25/h10-13,16-20H,2-9,14-15H2,1H3/q+1. The maximum Gasteiger partial charge on any atom is 0.107 e. The van der Waals surface area contributed by atoms with Crippen molar-refractivity contribution in [3.05, 3.63) is 48.5 Å². The van der Waals surface area contributed by atoms with Crippen LogP contribution in [-0.2, 0) is 0 Å². The van der Waals surface area contributed by atoms with E-state index in [9.17, 15) is 0 Å². The summed E-state index contributed by atoms with van der Waals surface area (Å²) in [7, 11) is -1.27. The lowest BCUT2D eigenvalue weighted by Gasteiger charge is -2.29. The van der Waals surface area contributed by atoms with Crippen molar-refractivity contribution in [2.24, 2.45) is 0 Å². The van der Waals surface area contributed by atoms with Crippen LogP contribution in [0.15, 0.2) is 48.5 Å². The van der Waals surface area contributed by atoms with E-state index < -0.39 is 7.26 Å². The van der Waals surface area contributed by atoms with Gasteiger partial charge in [0, 0.05) is 11.1 Å².